The molecule has 1 aromatic heterocycles. The van der Waals surface area contributed by atoms with E-state index in [-0.39, 0.29) is 5.91 Å². The Labute approximate surface area is 118 Å². The lowest BCUT2D eigenvalue weighted by molar-refractivity contribution is 0.0785. The molecule has 0 bridgehead atoms. The van der Waals surface area contributed by atoms with E-state index in [1.165, 1.54) is 0 Å². The van der Waals surface area contributed by atoms with Gasteiger partial charge in [0.1, 0.15) is 0 Å². The summed E-state index contributed by atoms with van der Waals surface area (Å²) in [6, 6.07) is 10.1. The molecule has 0 aliphatic rings. The van der Waals surface area contributed by atoms with Gasteiger partial charge in [0.15, 0.2) is 0 Å². The summed E-state index contributed by atoms with van der Waals surface area (Å²) in [5.41, 5.74) is 3.06. The van der Waals surface area contributed by atoms with Crippen LogP contribution in [-0.4, -0.2) is 32.0 Å². The van der Waals surface area contributed by atoms with E-state index in [2.05, 4.69) is 29.2 Å². The molecule has 3 nitrogen and oxygen atoms in total. The van der Waals surface area contributed by atoms with Crippen LogP contribution in [0.1, 0.15) is 15.9 Å². The number of hydrogen-bond acceptors (Lipinski definition) is 3. The summed E-state index contributed by atoms with van der Waals surface area (Å²) in [4.78, 5) is 15.9. The first kappa shape index (κ1) is 13.6. The predicted molar refractivity (Wildman–Crippen MR) is 80.9 cm³/mol. The van der Waals surface area contributed by atoms with Crippen molar-refractivity contribution >= 4 is 22.9 Å². The molecule has 0 fully saturated rings. The molecule has 19 heavy (non-hydrogen) atoms. The average molecular weight is 274 g/mol. The zero-order valence-electron chi connectivity index (χ0n) is 11.5. The van der Waals surface area contributed by atoms with Crippen molar-refractivity contribution in [3.8, 4) is 0 Å². The van der Waals surface area contributed by atoms with Crippen LogP contribution in [0.15, 0.2) is 41.1 Å². The minimum Gasteiger partial charge on any atom is -0.378 e. The molecule has 2 aromatic rings. The fourth-order valence-corrected chi connectivity index (χ4v) is 2.48. The minimum absolute atomic E-state index is 0.0675. The van der Waals surface area contributed by atoms with Gasteiger partial charge in [-0.25, -0.2) is 0 Å². The molecular weight excluding hydrogens is 256 g/mol. The maximum absolute atomic E-state index is 12.1. The van der Waals surface area contributed by atoms with Gasteiger partial charge in [-0.1, -0.05) is 12.1 Å². The summed E-state index contributed by atoms with van der Waals surface area (Å²) in [5.74, 6) is 0.0675. The van der Waals surface area contributed by atoms with Gasteiger partial charge in [0.2, 0.25) is 0 Å². The monoisotopic (exact) mass is 274 g/mol. The molecule has 0 radical (unpaired) electrons. The van der Waals surface area contributed by atoms with Crippen molar-refractivity contribution in [3.63, 3.8) is 0 Å². The number of carbonyl (C=O) groups excluding carboxylic acids is 1. The Hall–Kier alpha value is -1.81. The second-order valence-electron chi connectivity index (χ2n) is 4.73. The zero-order valence-corrected chi connectivity index (χ0v) is 12.3. The largest absolute Gasteiger partial charge is 0.378 e. The van der Waals surface area contributed by atoms with Crippen LogP contribution in [0.5, 0.6) is 0 Å². The smallest absolute Gasteiger partial charge is 0.254 e. The molecule has 2 rings (SSSR count). The summed E-state index contributed by atoms with van der Waals surface area (Å²) in [7, 11) is 5.86. The first-order valence-corrected chi connectivity index (χ1v) is 7.06. The van der Waals surface area contributed by atoms with Crippen LogP contribution in [-0.2, 0) is 6.54 Å². The summed E-state index contributed by atoms with van der Waals surface area (Å²) < 4.78 is 0. The molecular formula is C15H18N2OS. The zero-order chi connectivity index (χ0) is 13.8. The van der Waals surface area contributed by atoms with Crippen molar-refractivity contribution in [2.24, 2.45) is 0 Å². The third kappa shape index (κ3) is 3.35. The predicted octanol–water partition coefficient (Wildman–Crippen LogP) is 3.09. The highest BCUT2D eigenvalue weighted by molar-refractivity contribution is 7.08. The van der Waals surface area contributed by atoms with Crippen molar-refractivity contribution in [2.45, 2.75) is 6.54 Å². The molecule has 0 atom stereocenters. The molecule has 0 saturated heterocycles. The van der Waals surface area contributed by atoms with E-state index in [0.717, 1.165) is 16.8 Å². The molecule has 0 aliphatic carbocycles. The molecule has 0 spiro atoms. The maximum atomic E-state index is 12.1. The topological polar surface area (TPSA) is 23.6 Å². The van der Waals surface area contributed by atoms with Crippen molar-refractivity contribution in [1.82, 2.24) is 4.90 Å². The standard InChI is InChI=1S/C15H18N2OS/c1-16(2)14-6-4-12(5-7-14)10-17(3)15(18)13-8-9-19-11-13/h4-9,11H,10H2,1-3H3. The Morgan fingerprint density at radius 2 is 1.79 bits per heavy atom. The van der Waals surface area contributed by atoms with Crippen molar-refractivity contribution < 1.29 is 4.79 Å². The van der Waals surface area contributed by atoms with Crippen LogP contribution in [0.3, 0.4) is 0 Å². The molecule has 100 valence electrons. The van der Waals surface area contributed by atoms with E-state index < -0.39 is 0 Å². The third-order valence-corrected chi connectivity index (χ3v) is 3.67. The number of carbonyl (C=O) groups is 1. The fourth-order valence-electron chi connectivity index (χ4n) is 1.85. The van der Waals surface area contributed by atoms with E-state index in [1.807, 2.05) is 38.0 Å². The lowest BCUT2D eigenvalue weighted by Gasteiger charge is -2.18. The SMILES string of the molecule is CN(Cc1ccc(N(C)C)cc1)C(=O)c1ccsc1. The molecule has 1 amide bonds. The minimum atomic E-state index is 0.0675. The highest BCUT2D eigenvalue weighted by Crippen LogP contribution is 2.15. The molecule has 0 N–H and O–H groups in total. The molecule has 4 heteroatoms. The van der Waals surface area contributed by atoms with Crippen LogP contribution in [0, 0.1) is 0 Å². The average Bonchev–Trinajstić information content (AvgIpc) is 2.92. The number of nitrogens with zero attached hydrogens (tertiary/aromatic N) is 2. The van der Waals surface area contributed by atoms with Crippen LogP contribution in [0.25, 0.3) is 0 Å². The normalized spacial score (nSPS) is 10.3. The summed E-state index contributed by atoms with van der Waals surface area (Å²) >= 11 is 1.54. The summed E-state index contributed by atoms with van der Waals surface area (Å²) in [6.07, 6.45) is 0. The molecule has 0 aliphatic heterocycles. The van der Waals surface area contributed by atoms with Crippen LogP contribution >= 0.6 is 11.3 Å². The molecule has 0 unspecified atom stereocenters. The number of rotatable bonds is 4. The molecule has 0 saturated carbocycles. The van der Waals surface area contributed by atoms with Crippen LogP contribution < -0.4 is 4.90 Å². The van der Waals surface area contributed by atoms with E-state index >= 15 is 0 Å². The number of hydrogen-bond donors (Lipinski definition) is 0. The number of anilines is 1. The summed E-state index contributed by atoms with van der Waals surface area (Å²) in [5, 5.41) is 3.81. The first-order chi connectivity index (χ1) is 9.08. The Balaban J connectivity index is 2.02. The fraction of sp³-hybridized carbons (Fsp3) is 0.267. The third-order valence-electron chi connectivity index (χ3n) is 2.99. The Kier molecular flexibility index (Phi) is 4.22. The van der Waals surface area contributed by atoms with Gasteiger partial charge < -0.3 is 9.80 Å². The van der Waals surface area contributed by atoms with Crippen molar-refractivity contribution in [2.75, 3.05) is 26.0 Å². The Morgan fingerprint density at radius 3 is 2.32 bits per heavy atom. The van der Waals surface area contributed by atoms with Gasteiger partial charge in [-0.05, 0) is 29.1 Å². The lowest BCUT2D eigenvalue weighted by atomic mass is 10.2. The number of amides is 1. The van der Waals surface area contributed by atoms with Gasteiger partial charge in [-0.2, -0.15) is 11.3 Å². The van der Waals surface area contributed by atoms with Gasteiger partial charge in [0.05, 0.1) is 5.56 Å². The van der Waals surface area contributed by atoms with E-state index in [4.69, 9.17) is 0 Å². The Bertz CT molecular complexity index is 532. The van der Waals surface area contributed by atoms with Crippen molar-refractivity contribution in [3.05, 3.63) is 52.2 Å². The van der Waals surface area contributed by atoms with Gasteiger partial charge >= 0.3 is 0 Å². The first-order valence-electron chi connectivity index (χ1n) is 6.12. The van der Waals surface area contributed by atoms with Gasteiger partial charge in [0, 0.05) is 38.8 Å². The lowest BCUT2D eigenvalue weighted by Crippen LogP contribution is -2.25. The second-order valence-corrected chi connectivity index (χ2v) is 5.51. The Morgan fingerprint density at radius 1 is 1.11 bits per heavy atom. The van der Waals surface area contributed by atoms with Gasteiger partial charge in [-0.3, -0.25) is 4.79 Å². The highest BCUT2D eigenvalue weighted by Gasteiger charge is 2.12. The molecule has 1 aromatic carbocycles. The highest BCUT2D eigenvalue weighted by atomic mass is 32.1. The number of benzene rings is 1. The second kappa shape index (κ2) is 5.89. The number of thiophene rings is 1. The molecule has 1 heterocycles. The summed E-state index contributed by atoms with van der Waals surface area (Å²) in [6.45, 7) is 0.627. The maximum Gasteiger partial charge on any atom is 0.254 e. The van der Waals surface area contributed by atoms with Gasteiger partial charge in [-0.15, -0.1) is 0 Å². The van der Waals surface area contributed by atoms with Crippen LogP contribution in [0.2, 0.25) is 0 Å². The van der Waals surface area contributed by atoms with E-state index in [9.17, 15) is 4.79 Å². The van der Waals surface area contributed by atoms with E-state index in [0.29, 0.717) is 6.54 Å². The quantitative estimate of drug-likeness (QED) is 0.855. The van der Waals surface area contributed by atoms with Crippen molar-refractivity contribution in [1.29, 1.82) is 0 Å². The van der Waals surface area contributed by atoms with Gasteiger partial charge in [0.25, 0.3) is 5.91 Å². The van der Waals surface area contributed by atoms with E-state index in [1.54, 1.807) is 16.2 Å². The van der Waals surface area contributed by atoms with Crippen LogP contribution in [0.4, 0.5) is 5.69 Å².